The number of rotatable bonds is 5. The van der Waals surface area contributed by atoms with Gasteiger partial charge in [0.1, 0.15) is 11.5 Å². The third-order valence-corrected chi connectivity index (χ3v) is 5.04. The summed E-state index contributed by atoms with van der Waals surface area (Å²) < 4.78 is 5.65. The molecule has 0 amide bonds. The molecule has 0 saturated heterocycles. The van der Waals surface area contributed by atoms with E-state index >= 15 is 0 Å². The Kier molecular flexibility index (Phi) is 6.72. The summed E-state index contributed by atoms with van der Waals surface area (Å²) in [6.45, 7) is 5.57. The standard InChI is InChI=1S/C19H19Br2NO4/c1-4-26-19(25)15(11(3)22-12-7-5-10(2)6-8-12)16-14(23)9-13(20)18(24)17(16)21/h5-9,22-24H,4H2,1-3H3. The summed E-state index contributed by atoms with van der Waals surface area (Å²) in [5.74, 6) is -0.903. The Morgan fingerprint density at radius 3 is 2.38 bits per heavy atom. The number of aryl methyl sites for hydroxylation is 1. The van der Waals surface area contributed by atoms with E-state index in [0.717, 1.165) is 11.3 Å². The number of benzene rings is 2. The van der Waals surface area contributed by atoms with E-state index in [1.54, 1.807) is 13.8 Å². The fourth-order valence-corrected chi connectivity index (χ4v) is 3.69. The topological polar surface area (TPSA) is 78.8 Å². The summed E-state index contributed by atoms with van der Waals surface area (Å²) in [7, 11) is 0. The smallest absolute Gasteiger partial charge is 0.340 e. The van der Waals surface area contributed by atoms with Crippen molar-refractivity contribution in [2.75, 3.05) is 11.9 Å². The summed E-state index contributed by atoms with van der Waals surface area (Å²) in [5, 5.41) is 23.7. The average molecular weight is 485 g/mol. The van der Waals surface area contributed by atoms with Crippen molar-refractivity contribution < 1.29 is 19.7 Å². The number of anilines is 1. The minimum atomic E-state index is -0.609. The van der Waals surface area contributed by atoms with E-state index in [-0.39, 0.29) is 33.7 Å². The van der Waals surface area contributed by atoms with E-state index in [1.807, 2.05) is 31.2 Å². The lowest BCUT2D eigenvalue weighted by Gasteiger charge is -2.17. The number of hydrogen-bond donors (Lipinski definition) is 3. The highest BCUT2D eigenvalue weighted by molar-refractivity contribution is 9.11. The number of phenolic OH excluding ortho intramolecular Hbond substituents is 2. The van der Waals surface area contributed by atoms with Crippen molar-refractivity contribution in [3.05, 3.63) is 56.1 Å². The van der Waals surface area contributed by atoms with Gasteiger partial charge in [-0.1, -0.05) is 17.7 Å². The minimum absolute atomic E-state index is 0.122. The molecular formula is C19H19Br2NO4. The molecule has 2 rings (SSSR count). The Morgan fingerprint density at radius 2 is 1.81 bits per heavy atom. The molecular weight excluding hydrogens is 466 g/mol. The summed E-state index contributed by atoms with van der Waals surface area (Å²) in [5.41, 5.74) is 2.65. The van der Waals surface area contributed by atoms with Crippen LogP contribution in [-0.4, -0.2) is 22.8 Å². The van der Waals surface area contributed by atoms with Gasteiger partial charge in [0.15, 0.2) is 0 Å². The van der Waals surface area contributed by atoms with Gasteiger partial charge in [-0.3, -0.25) is 0 Å². The molecule has 0 spiro atoms. The van der Waals surface area contributed by atoms with E-state index in [2.05, 4.69) is 37.2 Å². The van der Waals surface area contributed by atoms with Gasteiger partial charge in [0.2, 0.25) is 0 Å². The Labute approximate surface area is 169 Å². The van der Waals surface area contributed by atoms with Crippen LogP contribution in [0.15, 0.2) is 45.0 Å². The summed E-state index contributed by atoms with van der Waals surface area (Å²) >= 11 is 6.41. The Hall–Kier alpha value is -1.99. The maximum atomic E-state index is 12.6. The quantitative estimate of drug-likeness (QED) is 0.303. The fourth-order valence-electron chi connectivity index (χ4n) is 2.40. The maximum Gasteiger partial charge on any atom is 0.340 e. The molecule has 0 radical (unpaired) electrons. The van der Waals surface area contributed by atoms with Crippen molar-refractivity contribution >= 4 is 49.1 Å². The highest BCUT2D eigenvalue weighted by atomic mass is 79.9. The van der Waals surface area contributed by atoms with Crippen LogP contribution in [0.4, 0.5) is 5.69 Å². The Morgan fingerprint density at radius 1 is 1.19 bits per heavy atom. The first kappa shape index (κ1) is 20.3. The molecule has 2 aromatic rings. The highest BCUT2D eigenvalue weighted by Gasteiger charge is 2.26. The Balaban J connectivity index is 2.62. The first-order valence-corrected chi connectivity index (χ1v) is 9.46. The molecule has 0 aromatic heterocycles. The molecule has 0 aliphatic heterocycles. The number of hydrogen-bond acceptors (Lipinski definition) is 5. The van der Waals surface area contributed by atoms with Crippen LogP contribution < -0.4 is 5.32 Å². The number of esters is 1. The summed E-state index contributed by atoms with van der Waals surface area (Å²) in [6.07, 6.45) is 0. The molecule has 0 unspecified atom stereocenters. The Bertz CT molecular complexity index is 861. The van der Waals surface area contributed by atoms with Gasteiger partial charge in [0, 0.05) is 11.4 Å². The molecule has 0 saturated carbocycles. The number of phenols is 2. The molecule has 0 aliphatic carbocycles. The van der Waals surface area contributed by atoms with E-state index < -0.39 is 5.97 Å². The van der Waals surface area contributed by atoms with Crippen LogP contribution in [-0.2, 0) is 9.53 Å². The molecule has 5 nitrogen and oxygen atoms in total. The van der Waals surface area contributed by atoms with Gasteiger partial charge < -0.3 is 20.3 Å². The van der Waals surface area contributed by atoms with E-state index in [9.17, 15) is 15.0 Å². The van der Waals surface area contributed by atoms with Gasteiger partial charge in [-0.2, -0.15) is 0 Å². The molecule has 26 heavy (non-hydrogen) atoms. The number of nitrogens with one attached hydrogen (secondary N) is 1. The van der Waals surface area contributed by atoms with E-state index in [1.165, 1.54) is 6.07 Å². The van der Waals surface area contributed by atoms with Crippen LogP contribution in [0.1, 0.15) is 25.0 Å². The molecule has 0 aliphatic rings. The predicted molar refractivity (Wildman–Crippen MR) is 109 cm³/mol. The molecule has 0 fully saturated rings. The highest BCUT2D eigenvalue weighted by Crippen LogP contribution is 2.44. The number of aromatic hydroxyl groups is 2. The third kappa shape index (κ3) is 4.40. The molecule has 3 N–H and O–H groups in total. The van der Waals surface area contributed by atoms with Gasteiger partial charge in [0.25, 0.3) is 0 Å². The lowest BCUT2D eigenvalue weighted by Crippen LogP contribution is -2.13. The second-order valence-electron chi connectivity index (χ2n) is 5.63. The average Bonchev–Trinajstić information content (AvgIpc) is 2.58. The monoisotopic (exact) mass is 483 g/mol. The summed E-state index contributed by atoms with van der Waals surface area (Å²) in [4.78, 5) is 12.6. The normalized spacial score (nSPS) is 11.7. The largest absolute Gasteiger partial charge is 0.507 e. The third-order valence-electron chi connectivity index (χ3n) is 3.66. The number of carbonyl (C=O) groups is 1. The van der Waals surface area contributed by atoms with Crippen LogP contribution in [0.3, 0.4) is 0 Å². The van der Waals surface area contributed by atoms with Crippen molar-refractivity contribution in [2.24, 2.45) is 0 Å². The van der Waals surface area contributed by atoms with Crippen molar-refractivity contribution in [3.63, 3.8) is 0 Å². The molecule has 7 heteroatoms. The van der Waals surface area contributed by atoms with Gasteiger partial charge in [-0.25, -0.2) is 4.79 Å². The minimum Gasteiger partial charge on any atom is -0.507 e. The van der Waals surface area contributed by atoms with E-state index in [0.29, 0.717) is 10.2 Å². The van der Waals surface area contributed by atoms with Crippen LogP contribution in [0.5, 0.6) is 11.5 Å². The number of allylic oxidation sites excluding steroid dienone is 1. The predicted octanol–water partition coefficient (Wildman–Crippen LogP) is 5.34. The van der Waals surface area contributed by atoms with Gasteiger partial charge >= 0.3 is 5.97 Å². The van der Waals surface area contributed by atoms with Crippen LogP contribution in [0.25, 0.3) is 5.57 Å². The molecule has 2 aromatic carbocycles. The molecule has 138 valence electrons. The number of carbonyl (C=O) groups excluding carboxylic acids is 1. The van der Waals surface area contributed by atoms with Gasteiger partial charge in [0.05, 0.1) is 26.7 Å². The summed E-state index contributed by atoms with van der Waals surface area (Å²) in [6, 6.07) is 8.98. The SMILES string of the molecule is CCOC(=O)C(=C(C)Nc1ccc(C)cc1)c1c(O)cc(Br)c(O)c1Br. The van der Waals surface area contributed by atoms with E-state index in [4.69, 9.17) is 4.74 Å². The molecule has 0 bridgehead atoms. The van der Waals surface area contributed by atoms with Gasteiger partial charge in [-0.15, -0.1) is 0 Å². The second kappa shape index (κ2) is 8.60. The van der Waals surface area contributed by atoms with Crippen LogP contribution in [0, 0.1) is 6.92 Å². The maximum absolute atomic E-state index is 12.6. The van der Waals surface area contributed by atoms with Gasteiger partial charge in [-0.05, 0) is 70.8 Å². The lowest BCUT2D eigenvalue weighted by atomic mass is 10.0. The zero-order chi connectivity index (χ0) is 19.4. The molecule has 0 atom stereocenters. The van der Waals surface area contributed by atoms with Crippen molar-refractivity contribution in [3.8, 4) is 11.5 Å². The van der Waals surface area contributed by atoms with Crippen LogP contribution in [0.2, 0.25) is 0 Å². The first-order chi connectivity index (χ1) is 12.3. The molecule has 0 heterocycles. The van der Waals surface area contributed by atoms with Crippen molar-refractivity contribution in [1.82, 2.24) is 0 Å². The second-order valence-corrected chi connectivity index (χ2v) is 7.27. The zero-order valence-electron chi connectivity index (χ0n) is 14.6. The fraction of sp³-hybridized carbons (Fsp3) is 0.211. The van der Waals surface area contributed by atoms with Crippen molar-refractivity contribution in [2.45, 2.75) is 20.8 Å². The number of halogens is 2. The zero-order valence-corrected chi connectivity index (χ0v) is 17.7. The van der Waals surface area contributed by atoms with Crippen molar-refractivity contribution in [1.29, 1.82) is 0 Å². The first-order valence-electron chi connectivity index (χ1n) is 7.88. The lowest BCUT2D eigenvalue weighted by molar-refractivity contribution is -0.136. The van der Waals surface area contributed by atoms with Crippen LogP contribution >= 0.6 is 31.9 Å². The number of ether oxygens (including phenoxy) is 1.